The van der Waals surface area contributed by atoms with E-state index in [1.54, 1.807) is 0 Å². The molecule has 0 atom stereocenters. The van der Waals surface area contributed by atoms with Crippen LogP contribution in [0.4, 0.5) is 0 Å². The van der Waals surface area contributed by atoms with E-state index in [2.05, 4.69) is 22.7 Å². The van der Waals surface area contributed by atoms with Crippen LogP contribution < -0.4 is 5.32 Å². The molecular weight excluding hydrogens is 182 g/mol. The molecule has 0 bridgehead atoms. The third kappa shape index (κ3) is 3.40. The van der Waals surface area contributed by atoms with Crippen molar-refractivity contribution in [3.63, 3.8) is 0 Å². The molecule has 0 unspecified atom stereocenters. The highest BCUT2D eigenvalue weighted by Gasteiger charge is 1.99. The summed E-state index contributed by atoms with van der Waals surface area (Å²) in [7, 11) is 1.98. The quantitative estimate of drug-likeness (QED) is 0.722. The standard InChI is InChI=1S/C9H17N3S/c1-8-6-9(12(2)11-8)7-10-4-5-13-3/h6,10H,4-5,7H2,1-3H3. The first-order valence-corrected chi connectivity index (χ1v) is 5.82. The topological polar surface area (TPSA) is 29.9 Å². The third-order valence-electron chi connectivity index (χ3n) is 1.89. The third-order valence-corrected chi connectivity index (χ3v) is 2.50. The second-order valence-electron chi connectivity index (χ2n) is 3.07. The number of aryl methyl sites for hydroxylation is 2. The SMILES string of the molecule is CSCCNCc1cc(C)nn1C. The van der Waals surface area contributed by atoms with Crippen LogP contribution in [0.15, 0.2) is 6.07 Å². The number of nitrogens with one attached hydrogen (secondary N) is 1. The van der Waals surface area contributed by atoms with Crippen molar-refractivity contribution in [2.45, 2.75) is 13.5 Å². The van der Waals surface area contributed by atoms with Gasteiger partial charge in [-0.3, -0.25) is 4.68 Å². The Kier molecular flexibility index (Phi) is 4.32. The van der Waals surface area contributed by atoms with Gasteiger partial charge in [0, 0.05) is 25.9 Å². The van der Waals surface area contributed by atoms with Crippen molar-refractivity contribution in [3.8, 4) is 0 Å². The maximum Gasteiger partial charge on any atom is 0.0597 e. The summed E-state index contributed by atoms with van der Waals surface area (Å²) in [6.07, 6.45) is 2.12. The minimum Gasteiger partial charge on any atom is -0.310 e. The summed E-state index contributed by atoms with van der Waals surface area (Å²) < 4.78 is 1.93. The minimum atomic E-state index is 0.915. The normalized spacial score (nSPS) is 10.7. The highest BCUT2D eigenvalue weighted by atomic mass is 32.2. The van der Waals surface area contributed by atoms with E-state index in [-0.39, 0.29) is 0 Å². The summed E-state index contributed by atoms with van der Waals surface area (Å²) in [6, 6.07) is 2.12. The van der Waals surface area contributed by atoms with E-state index in [0.29, 0.717) is 0 Å². The Balaban J connectivity index is 2.32. The Morgan fingerprint density at radius 2 is 2.38 bits per heavy atom. The molecular formula is C9H17N3S. The summed E-state index contributed by atoms with van der Waals surface area (Å²) in [4.78, 5) is 0. The first kappa shape index (κ1) is 10.6. The lowest BCUT2D eigenvalue weighted by molar-refractivity contribution is 0.643. The van der Waals surface area contributed by atoms with Crippen molar-refractivity contribution in [1.82, 2.24) is 15.1 Å². The molecule has 3 nitrogen and oxygen atoms in total. The molecule has 0 spiro atoms. The van der Waals surface area contributed by atoms with Crippen LogP contribution in [0.25, 0.3) is 0 Å². The fourth-order valence-electron chi connectivity index (χ4n) is 1.22. The molecule has 0 aliphatic rings. The zero-order chi connectivity index (χ0) is 9.68. The molecule has 74 valence electrons. The molecule has 1 aromatic heterocycles. The smallest absolute Gasteiger partial charge is 0.0597 e. The molecule has 13 heavy (non-hydrogen) atoms. The van der Waals surface area contributed by atoms with Gasteiger partial charge in [0.25, 0.3) is 0 Å². The minimum absolute atomic E-state index is 0.915. The van der Waals surface area contributed by atoms with Crippen LogP contribution in [0, 0.1) is 6.92 Å². The molecule has 0 aromatic carbocycles. The van der Waals surface area contributed by atoms with E-state index in [0.717, 1.165) is 24.5 Å². The highest BCUT2D eigenvalue weighted by Crippen LogP contribution is 2.00. The molecule has 0 amide bonds. The molecule has 4 heteroatoms. The van der Waals surface area contributed by atoms with E-state index < -0.39 is 0 Å². The number of aromatic nitrogens is 2. The van der Waals surface area contributed by atoms with Gasteiger partial charge in [0.05, 0.1) is 11.4 Å². The predicted octanol–water partition coefficient (Wildman–Crippen LogP) is 1.18. The maximum absolute atomic E-state index is 4.28. The number of hydrogen-bond acceptors (Lipinski definition) is 3. The van der Waals surface area contributed by atoms with Gasteiger partial charge in [-0.2, -0.15) is 16.9 Å². The van der Waals surface area contributed by atoms with Crippen LogP contribution in [-0.4, -0.2) is 28.3 Å². The zero-order valence-corrected chi connectivity index (χ0v) is 9.32. The average Bonchev–Trinajstić information content (AvgIpc) is 2.39. The predicted molar refractivity (Wildman–Crippen MR) is 58.0 cm³/mol. The van der Waals surface area contributed by atoms with Crippen molar-refractivity contribution in [1.29, 1.82) is 0 Å². The van der Waals surface area contributed by atoms with Crippen molar-refractivity contribution in [3.05, 3.63) is 17.5 Å². The number of thioether (sulfide) groups is 1. The molecule has 0 fully saturated rings. The Bertz CT molecular complexity index is 257. The second-order valence-corrected chi connectivity index (χ2v) is 4.06. The Morgan fingerprint density at radius 1 is 1.62 bits per heavy atom. The van der Waals surface area contributed by atoms with Gasteiger partial charge in [-0.1, -0.05) is 0 Å². The van der Waals surface area contributed by atoms with Gasteiger partial charge in [-0.05, 0) is 19.2 Å². The highest BCUT2D eigenvalue weighted by molar-refractivity contribution is 7.98. The lowest BCUT2D eigenvalue weighted by atomic mass is 10.3. The zero-order valence-electron chi connectivity index (χ0n) is 8.50. The van der Waals surface area contributed by atoms with Gasteiger partial charge in [0.2, 0.25) is 0 Å². The van der Waals surface area contributed by atoms with E-state index in [1.165, 1.54) is 5.69 Å². The van der Waals surface area contributed by atoms with Gasteiger partial charge in [-0.15, -0.1) is 0 Å². The van der Waals surface area contributed by atoms with Crippen LogP contribution in [-0.2, 0) is 13.6 Å². The summed E-state index contributed by atoms with van der Waals surface area (Å²) >= 11 is 1.86. The molecule has 1 heterocycles. The van der Waals surface area contributed by atoms with E-state index >= 15 is 0 Å². The van der Waals surface area contributed by atoms with Crippen molar-refractivity contribution < 1.29 is 0 Å². The molecule has 1 aromatic rings. The van der Waals surface area contributed by atoms with Gasteiger partial charge >= 0.3 is 0 Å². The molecule has 1 rings (SSSR count). The van der Waals surface area contributed by atoms with E-state index in [9.17, 15) is 0 Å². The van der Waals surface area contributed by atoms with Gasteiger partial charge in [0.15, 0.2) is 0 Å². The van der Waals surface area contributed by atoms with Gasteiger partial charge in [-0.25, -0.2) is 0 Å². The lowest BCUT2D eigenvalue weighted by Gasteiger charge is -2.03. The van der Waals surface area contributed by atoms with Crippen LogP contribution in [0.5, 0.6) is 0 Å². The summed E-state index contributed by atoms with van der Waals surface area (Å²) in [5.41, 5.74) is 2.34. The van der Waals surface area contributed by atoms with E-state index in [4.69, 9.17) is 0 Å². The summed E-state index contributed by atoms with van der Waals surface area (Å²) in [6.45, 7) is 3.99. The van der Waals surface area contributed by atoms with Gasteiger partial charge < -0.3 is 5.32 Å². The first-order chi connectivity index (χ1) is 6.24. The van der Waals surface area contributed by atoms with E-state index in [1.807, 2.05) is 30.4 Å². The Labute approximate surface area is 83.9 Å². The molecule has 0 saturated carbocycles. The maximum atomic E-state index is 4.28. The Morgan fingerprint density at radius 3 is 2.92 bits per heavy atom. The lowest BCUT2D eigenvalue weighted by Crippen LogP contribution is -2.18. The summed E-state index contributed by atoms with van der Waals surface area (Å²) in [5, 5.41) is 7.66. The van der Waals surface area contributed by atoms with Crippen molar-refractivity contribution >= 4 is 11.8 Å². The first-order valence-electron chi connectivity index (χ1n) is 4.43. The molecule has 0 aliphatic carbocycles. The van der Waals surface area contributed by atoms with Crippen LogP contribution >= 0.6 is 11.8 Å². The summed E-state index contributed by atoms with van der Waals surface area (Å²) in [5.74, 6) is 1.16. The monoisotopic (exact) mass is 199 g/mol. The number of rotatable bonds is 5. The fourth-order valence-corrected chi connectivity index (χ4v) is 1.57. The van der Waals surface area contributed by atoms with Gasteiger partial charge in [0.1, 0.15) is 0 Å². The molecule has 0 radical (unpaired) electrons. The molecule has 1 N–H and O–H groups in total. The Hall–Kier alpha value is -0.480. The fraction of sp³-hybridized carbons (Fsp3) is 0.667. The van der Waals surface area contributed by atoms with Crippen LogP contribution in [0.3, 0.4) is 0 Å². The van der Waals surface area contributed by atoms with Crippen LogP contribution in [0.1, 0.15) is 11.4 Å². The van der Waals surface area contributed by atoms with Crippen LogP contribution in [0.2, 0.25) is 0 Å². The largest absolute Gasteiger partial charge is 0.310 e. The number of nitrogens with zero attached hydrogens (tertiary/aromatic N) is 2. The molecule has 0 aliphatic heterocycles. The molecule has 0 saturated heterocycles. The number of hydrogen-bond donors (Lipinski definition) is 1. The van der Waals surface area contributed by atoms with Crippen molar-refractivity contribution in [2.24, 2.45) is 7.05 Å². The second kappa shape index (κ2) is 5.29. The average molecular weight is 199 g/mol. The van der Waals surface area contributed by atoms with Crippen molar-refractivity contribution in [2.75, 3.05) is 18.6 Å².